The largest absolute Gasteiger partial charge is 0.414 e. The summed E-state index contributed by atoms with van der Waals surface area (Å²) in [7, 11) is -1.65. The molecular weight excluding hydrogens is 252 g/mol. The highest BCUT2D eigenvalue weighted by atomic mass is 28.4. The topological polar surface area (TPSA) is 21.8 Å². The first-order chi connectivity index (χ1) is 8.57. The number of fused-ring (bicyclic) bond motifs is 1. The Bertz CT molecular complexity index is 369. The zero-order chi connectivity index (χ0) is 14.5. The third-order valence-electron chi connectivity index (χ3n) is 5.50. The molecule has 110 valence electrons. The molecule has 1 heterocycles. The van der Waals surface area contributed by atoms with Crippen LogP contribution in [0.3, 0.4) is 0 Å². The summed E-state index contributed by atoms with van der Waals surface area (Å²) in [6.07, 6.45) is 3.93. The Kier molecular flexibility index (Phi) is 3.79. The van der Waals surface area contributed by atoms with Gasteiger partial charge in [0.25, 0.3) is 0 Å². The monoisotopic (exact) mass is 282 g/mol. The number of hydrogen-bond acceptors (Lipinski definition) is 2. The highest BCUT2D eigenvalue weighted by Crippen LogP contribution is 2.52. The van der Waals surface area contributed by atoms with Crippen LogP contribution in [0.1, 0.15) is 47.0 Å². The molecule has 0 spiro atoms. The molecule has 0 amide bonds. The predicted molar refractivity (Wildman–Crippen MR) is 82.9 cm³/mol. The fourth-order valence-electron chi connectivity index (χ4n) is 2.69. The van der Waals surface area contributed by atoms with Crippen LogP contribution in [0, 0.1) is 5.92 Å². The average Bonchev–Trinajstić information content (AvgIpc) is 2.98. The van der Waals surface area contributed by atoms with Crippen molar-refractivity contribution in [1.82, 2.24) is 0 Å². The molecule has 0 radical (unpaired) electrons. The summed E-state index contributed by atoms with van der Waals surface area (Å²) in [5.41, 5.74) is 1.37. The first kappa shape index (κ1) is 15.3. The van der Waals surface area contributed by atoms with Crippen molar-refractivity contribution in [1.29, 1.82) is 0 Å². The van der Waals surface area contributed by atoms with Crippen LogP contribution < -0.4 is 0 Å². The van der Waals surface area contributed by atoms with Gasteiger partial charge in [0.15, 0.2) is 8.32 Å². The Morgan fingerprint density at radius 1 is 1.42 bits per heavy atom. The Morgan fingerprint density at radius 2 is 2.05 bits per heavy atom. The van der Waals surface area contributed by atoms with Gasteiger partial charge < -0.3 is 9.16 Å². The minimum atomic E-state index is -1.65. The number of hydrogen-bond donors (Lipinski definition) is 0. The van der Waals surface area contributed by atoms with Gasteiger partial charge in [0, 0.05) is 0 Å². The lowest BCUT2D eigenvalue weighted by atomic mass is 9.79. The summed E-state index contributed by atoms with van der Waals surface area (Å²) in [5, 5.41) is 0.281. The number of rotatable bonds is 4. The van der Waals surface area contributed by atoms with Gasteiger partial charge in [-0.15, -0.1) is 0 Å². The summed E-state index contributed by atoms with van der Waals surface area (Å²) in [6.45, 7) is 18.6. The van der Waals surface area contributed by atoms with Crippen LogP contribution in [-0.2, 0) is 9.16 Å². The third kappa shape index (κ3) is 2.98. The maximum Gasteiger partial charge on any atom is 0.192 e. The molecular formula is C16H30O2Si. The van der Waals surface area contributed by atoms with E-state index in [1.165, 1.54) is 12.0 Å². The molecule has 3 atom stereocenters. The molecule has 2 rings (SSSR count). The predicted octanol–water partition coefficient (Wildman–Crippen LogP) is 4.52. The Hall–Kier alpha value is -0.123. The number of ether oxygens (including phenoxy) is 1. The highest BCUT2D eigenvalue weighted by molar-refractivity contribution is 6.74. The second-order valence-corrected chi connectivity index (χ2v) is 12.8. The summed E-state index contributed by atoms with van der Waals surface area (Å²) in [6, 6.07) is 0. The van der Waals surface area contributed by atoms with E-state index in [1.54, 1.807) is 0 Å². The van der Waals surface area contributed by atoms with Gasteiger partial charge in [-0.25, -0.2) is 0 Å². The molecule has 1 aliphatic carbocycles. The van der Waals surface area contributed by atoms with Crippen molar-refractivity contribution in [3.05, 3.63) is 12.2 Å². The quantitative estimate of drug-likeness (QED) is 0.429. The first-order valence-corrected chi connectivity index (χ1v) is 10.5. The first-order valence-electron chi connectivity index (χ1n) is 7.55. The Labute approximate surface area is 119 Å². The van der Waals surface area contributed by atoms with Gasteiger partial charge >= 0.3 is 0 Å². The van der Waals surface area contributed by atoms with Crippen molar-refractivity contribution in [2.45, 2.75) is 76.8 Å². The molecule has 1 aliphatic heterocycles. The van der Waals surface area contributed by atoms with E-state index in [1.807, 2.05) is 0 Å². The van der Waals surface area contributed by atoms with E-state index < -0.39 is 8.32 Å². The zero-order valence-corrected chi connectivity index (χ0v) is 14.5. The van der Waals surface area contributed by atoms with Gasteiger partial charge in [-0.05, 0) is 50.2 Å². The molecule has 2 aliphatic rings. The molecule has 0 N–H and O–H groups in total. The molecule has 1 saturated heterocycles. The fourth-order valence-corrected chi connectivity index (χ4v) is 3.73. The van der Waals surface area contributed by atoms with Gasteiger partial charge in [-0.1, -0.05) is 32.9 Å². The van der Waals surface area contributed by atoms with Gasteiger partial charge in [-0.2, -0.15) is 0 Å². The highest BCUT2D eigenvalue weighted by Gasteiger charge is 2.59. The Morgan fingerprint density at radius 3 is 2.53 bits per heavy atom. The SMILES string of the molecule is C=C(C)[C@H]1CCC2(CO[Si](C)(C)C(C)(C)C)OC2C1. The normalized spacial score (nSPS) is 34.8. The van der Waals surface area contributed by atoms with Crippen LogP contribution in [0.4, 0.5) is 0 Å². The molecule has 1 saturated carbocycles. The average molecular weight is 282 g/mol. The minimum absolute atomic E-state index is 0.0570. The van der Waals surface area contributed by atoms with E-state index >= 15 is 0 Å². The van der Waals surface area contributed by atoms with E-state index in [9.17, 15) is 0 Å². The molecule has 2 nitrogen and oxygen atoms in total. The van der Waals surface area contributed by atoms with E-state index in [-0.39, 0.29) is 10.6 Å². The smallest absolute Gasteiger partial charge is 0.192 e. The van der Waals surface area contributed by atoms with Crippen LogP contribution in [-0.4, -0.2) is 26.6 Å². The van der Waals surface area contributed by atoms with Gasteiger partial charge in [0.05, 0.1) is 12.7 Å². The van der Waals surface area contributed by atoms with Crippen LogP contribution in [0.25, 0.3) is 0 Å². The molecule has 19 heavy (non-hydrogen) atoms. The van der Waals surface area contributed by atoms with Crippen molar-refractivity contribution >= 4 is 8.32 Å². The lowest BCUT2D eigenvalue weighted by Crippen LogP contribution is -2.44. The summed E-state index contributed by atoms with van der Waals surface area (Å²) in [5.74, 6) is 0.661. The van der Waals surface area contributed by atoms with Crippen molar-refractivity contribution < 1.29 is 9.16 Å². The molecule has 2 fully saturated rings. The maximum absolute atomic E-state index is 6.37. The lowest BCUT2D eigenvalue weighted by Gasteiger charge is -2.37. The van der Waals surface area contributed by atoms with Crippen molar-refractivity contribution in [2.24, 2.45) is 5.92 Å². The molecule has 0 aromatic heterocycles. The van der Waals surface area contributed by atoms with Crippen molar-refractivity contribution in [3.8, 4) is 0 Å². The minimum Gasteiger partial charge on any atom is -0.414 e. The number of allylic oxidation sites excluding steroid dienone is 1. The van der Waals surface area contributed by atoms with E-state index in [4.69, 9.17) is 9.16 Å². The summed E-state index contributed by atoms with van der Waals surface area (Å²) in [4.78, 5) is 0. The van der Waals surface area contributed by atoms with Crippen LogP contribution in [0.5, 0.6) is 0 Å². The number of epoxide rings is 1. The fraction of sp³-hybridized carbons (Fsp3) is 0.875. The van der Waals surface area contributed by atoms with Crippen LogP contribution >= 0.6 is 0 Å². The molecule has 0 aromatic carbocycles. The van der Waals surface area contributed by atoms with E-state index in [2.05, 4.69) is 47.4 Å². The van der Waals surface area contributed by atoms with E-state index in [0.717, 1.165) is 19.4 Å². The lowest BCUT2D eigenvalue weighted by molar-refractivity contribution is 0.164. The molecule has 3 heteroatoms. The van der Waals surface area contributed by atoms with Gasteiger partial charge in [0.1, 0.15) is 5.60 Å². The standard InChI is InChI=1S/C16H30O2Si/c1-12(2)13-8-9-16(14(10-13)18-16)11-17-19(6,7)15(3,4)5/h13-14H,1,8-11H2,2-7H3/t13-,14?,16?/m0/s1. The summed E-state index contributed by atoms with van der Waals surface area (Å²) < 4.78 is 12.4. The van der Waals surface area contributed by atoms with Gasteiger partial charge in [0.2, 0.25) is 0 Å². The second-order valence-electron chi connectivity index (χ2n) is 8.04. The molecule has 2 unspecified atom stereocenters. The second kappa shape index (κ2) is 4.71. The van der Waals surface area contributed by atoms with Crippen molar-refractivity contribution in [3.63, 3.8) is 0 Å². The van der Waals surface area contributed by atoms with Crippen molar-refractivity contribution in [2.75, 3.05) is 6.61 Å². The molecule has 0 aromatic rings. The zero-order valence-electron chi connectivity index (χ0n) is 13.5. The van der Waals surface area contributed by atoms with Gasteiger partial charge in [-0.3, -0.25) is 0 Å². The van der Waals surface area contributed by atoms with Crippen LogP contribution in [0.2, 0.25) is 18.1 Å². The molecule has 0 bridgehead atoms. The third-order valence-corrected chi connectivity index (χ3v) is 9.98. The Balaban J connectivity index is 1.89. The van der Waals surface area contributed by atoms with E-state index in [0.29, 0.717) is 12.0 Å². The maximum atomic E-state index is 6.37. The van der Waals surface area contributed by atoms with Crippen LogP contribution in [0.15, 0.2) is 12.2 Å². The summed E-state index contributed by atoms with van der Waals surface area (Å²) >= 11 is 0.